The highest BCUT2D eigenvalue weighted by molar-refractivity contribution is 5.87. The molecule has 1 aliphatic heterocycles. The molecule has 0 saturated carbocycles. The summed E-state index contributed by atoms with van der Waals surface area (Å²) < 4.78 is 33.9. The van der Waals surface area contributed by atoms with E-state index in [1.54, 1.807) is 0 Å². The summed E-state index contributed by atoms with van der Waals surface area (Å²) in [5.74, 6) is -0.146. The Kier molecular flexibility index (Phi) is 6.16. The third-order valence-electron chi connectivity index (χ3n) is 3.49. The van der Waals surface area contributed by atoms with Crippen molar-refractivity contribution >= 4 is 11.9 Å². The van der Waals surface area contributed by atoms with Crippen LogP contribution in [0.2, 0.25) is 0 Å². The summed E-state index contributed by atoms with van der Waals surface area (Å²) in [4.78, 5) is 23.4. The van der Waals surface area contributed by atoms with Crippen LogP contribution in [0.15, 0.2) is 18.2 Å². The number of rotatable bonds is 6. The maximum Gasteiger partial charge on any atom is 0.387 e. The Morgan fingerprint density at radius 2 is 2.21 bits per heavy atom. The molecule has 1 aromatic carbocycles. The summed E-state index contributed by atoms with van der Waals surface area (Å²) in [6.45, 7) is -2.19. The lowest BCUT2D eigenvalue weighted by atomic mass is 10.1. The molecule has 1 unspecified atom stereocenters. The number of carbonyl (C=O) groups is 2. The van der Waals surface area contributed by atoms with Gasteiger partial charge >= 0.3 is 12.6 Å². The minimum Gasteiger partial charge on any atom is -0.493 e. The lowest BCUT2D eigenvalue weighted by Gasteiger charge is -2.22. The van der Waals surface area contributed by atoms with Crippen molar-refractivity contribution in [3.05, 3.63) is 23.8 Å². The zero-order valence-electron chi connectivity index (χ0n) is 13.1. The summed E-state index contributed by atoms with van der Waals surface area (Å²) in [5, 5.41) is 7.87. The molecule has 1 fully saturated rings. The second-order valence-electron chi connectivity index (χ2n) is 5.18. The Hall–Kier alpha value is -2.58. The molecule has 2 rings (SSSR count). The van der Waals surface area contributed by atoms with E-state index < -0.39 is 18.7 Å². The van der Waals surface area contributed by atoms with Crippen LogP contribution in [0.4, 0.5) is 13.6 Å². The quantitative estimate of drug-likeness (QED) is 0.728. The van der Waals surface area contributed by atoms with E-state index in [1.807, 2.05) is 0 Å². The molecule has 132 valence electrons. The highest BCUT2D eigenvalue weighted by Crippen LogP contribution is 2.29. The molecule has 1 saturated heterocycles. The molecule has 0 aromatic heterocycles. The van der Waals surface area contributed by atoms with Gasteiger partial charge in [-0.1, -0.05) is 6.07 Å². The lowest BCUT2D eigenvalue weighted by molar-refractivity contribution is -0.124. The van der Waals surface area contributed by atoms with Crippen LogP contribution in [-0.2, 0) is 11.3 Å². The molecule has 0 spiro atoms. The first-order chi connectivity index (χ1) is 11.5. The predicted octanol–water partition coefficient (Wildman–Crippen LogP) is 1.37. The number of amides is 3. The Morgan fingerprint density at radius 3 is 2.88 bits per heavy atom. The van der Waals surface area contributed by atoms with Gasteiger partial charge in [0.05, 0.1) is 7.11 Å². The topological polar surface area (TPSA) is 88.7 Å². The standard InChI is InChI=1S/C15H19F2N3O4/c1-23-12-7-9(4-5-11(12)24-14(16)17)8-19-15(22)20-10-3-2-6-18-13(10)21/h4-5,7,10,14H,2-3,6,8H2,1H3,(H,18,21)(H2,19,20,22). The van der Waals surface area contributed by atoms with Gasteiger partial charge in [-0.05, 0) is 30.5 Å². The number of urea groups is 1. The molecule has 24 heavy (non-hydrogen) atoms. The molecule has 0 radical (unpaired) electrons. The van der Waals surface area contributed by atoms with Crippen molar-refractivity contribution in [2.45, 2.75) is 32.0 Å². The highest BCUT2D eigenvalue weighted by Gasteiger charge is 2.23. The van der Waals surface area contributed by atoms with Crippen molar-refractivity contribution in [2.24, 2.45) is 0 Å². The van der Waals surface area contributed by atoms with E-state index in [-0.39, 0.29) is 24.0 Å². The average molecular weight is 343 g/mol. The molecule has 0 bridgehead atoms. The summed E-state index contributed by atoms with van der Waals surface area (Å²) in [6.07, 6.45) is 1.40. The number of alkyl halides is 2. The second-order valence-corrected chi connectivity index (χ2v) is 5.18. The van der Waals surface area contributed by atoms with Crippen molar-refractivity contribution in [3.63, 3.8) is 0 Å². The van der Waals surface area contributed by atoms with Gasteiger partial charge in [0.1, 0.15) is 6.04 Å². The van der Waals surface area contributed by atoms with Crippen molar-refractivity contribution < 1.29 is 27.8 Å². The Morgan fingerprint density at radius 1 is 1.42 bits per heavy atom. The number of methoxy groups -OCH3 is 1. The Balaban J connectivity index is 1.89. The van der Waals surface area contributed by atoms with Crippen molar-refractivity contribution in [1.29, 1.82) is 0 Å². The number of ether oxygens (including phenoxy) is 2. The molecular weight excluding hydrogens is 324 g/mol. The number of piperidine rings is 1. The van der Waals surface area contributed by atoms with Crippen LogP contribution >= 0.6 is 0 Å². The van der Waals surface area contributed by atoms with Gasteiger partial charge in [-0.15, -0.1) is 0 Å². The molecular formula is C15H19F2N3O4. The number of hydrogen-bond donors (Lipinski definition) is 3. The minimum absolute atomic E-state index is 0.0837. The van der Waals surface area contributed by atoms with Gasteiger partial charge in [0.25, 0.3) is 0 Å². The highest BCUT2D eigenvalue weighted by atomic mass is 19.3. The summed E-state index contributed by atoms with van der Waals surface area (Å²) in [6, 6.07) is 3.34. The molecule has 3 N–H and O–H groups in total. The Labute approximate surface area is 137 Å². The molecule has 1 aliphatic rings. The maximum absolute atomic E-state index is 12.3. The molecule has 1 heterocycles. The van der Waals surface area contributed by atoms with Crippen molar-refractivity contribution in [2.75, 3.05) is 13.7 Å². The Bertz CT molecular complexity index is 598. The third-order valence-corrected chi connectivity index (χ3v) is 3.49. The van der Waals surface area contributed by atoms with E-state index >= 15 is 0 Å². The molecule has 1 atom stereocenters. The summed E-state index contributed by atoms with van der Waals surface area (Å²) in [7, 11) is 1.33. The largest absolute Gasteiger partial charge is 0.493 e. The van der Waals surface area contributed by atoms with Gasteiger partial charge in [-0.2, -0.15) is 8.78 Å². The molecule has 0 aliphatic carbocycles. The van der Waals surface area contributed by atoms with Crippen molar-refractivity contribution in [1.82, 2.24) is 16.0 Å². The van der Waals surface area contributed by atoms with Crippen LogP contribution in [0.3, 0.4) is 0 Å². The van der Waals surface area contributed by atoms with Crippen LogP contribution in [0.25, 0.3) is 0 Å². The number of nitrogens with one attached hydrogen (secondary N) is 3. The summed E-state index contributed by atoms with van der Waals surface area (Å²) >= 11 is 0. The van der Waals surface area contributed by atoms with Gasteiger partial charge in [-0.3, -0.25) is 4.79 Å². The fourth-order valence-electron chi connectivity index (χ4n) is 2.32. The van der Waals surface area contributed by atoms with E-state index in [9.17, 15) is 18.4 Å². The van der Waals surface area contributed by atoms with E-state index in [0.717, 1.165) is 6.42 Å². The maximum atomic E-state index is 12.3. The molecule has 9 heteroatoms. The van der Waals surface area contributed by atoms with Gasteiger partial charge in [-0.25, -0.2) is 4.79 Å². The number of benzene rings is 1. The number of halogens is 2. The first-order valence-corrected chi connectivity index (χ1v) is 7.43. The van der Waals surface area contributed by atoms with Crippen molar-refractivity contribution in [3.8, 4) is 11.5 Å². The van der Waals surface area contributed by atoms with Crippen LogP contribution in [0.1, 0.15) is 18.4 Å². The van der Waals surface area contributed by atoms with Gasteiger partial charge < -0.3 is 25.4 Å². The zero-order chi connectivity index (χ0) is 17.5. The van der Waals surface area contributed by atoms with Crippen LogP contribution in [0.5, 0.6) is 11.5 Å². The zero-order valence-corrected chi connectivity index (χ0v) is 13.1. The third kappa shape index (κ3) is 4.97. The van der Waals surface area contributed by atoms with E-state index in [2.05, 4.69) is 20.7 Å². The SMILES string of the molecule is COc1cc(CNC(=O)NC2CCCNC2=O)ccc1OC(F)F. The minimum atomic E-state index is -2.95. The monoisotopic (exact) mass is 343 g/mol. The summed E-state index contributed by atoms with van der Waals surface area (Å²) in [5.41, 5.74) is 0.636. The van der Waals surface area contributed by atoms with E-state index in [1.165, 1.54) is 25.3 Å². The van der Waals surface area contributed by atoms with Crippen LogP contribution in [0, 0.1) is 0 Å². The van der Waals surface area contributed by atoms with Gasteiger partial charge in [0.15, 0.2) is 11.5 Å². The predicted molar refractivity (Wildman–Crippen MR) is 81.0 cm³/mol. The molecule has 1 aromatic rings. The van der Waals surface area contributed by atoms with E-state index in [0.29, 0.717) is 18.5 Å². The second kappa shape index (κ2) is 8.32. The fraction of sp³-hybridized carbons (Fsp3) is 0.467. The smallest absolute Gasteiger partial charge is 0.387 e. The van der Waals surface area contributed by atoms with Gasteiger partial charge in [0, 0.05) is 13.1 Å². The number of carbonyl (C=O) groups excluding carboxylic acids is 2. The first-order valence-electron chi connectivity index (χ1n) is 7.43. The first kappa shape index (κ1) is 17.8. The van der Waals surface area contributed by atoms with E-state index in [4.69, 9.17) is 4.74 Å². The average Bonchev–Trinajstić information content (AvgIpc) is 2.55. The fourth-order valence-corrected chi connectivity index (χ4v) is 2.32. The molecule has 3 amide bonds. The van der Waals surface area contributed by atoms with Gasteiger partial charge in [0.2, 0.25) is 5.91 Å². The van der Waals surface area contributed by atoms with Crippen LogP contribution < -0.4 is 25.4 Å². The number of hydrogen-bond acceptors (Lipinski definition) is 4. The molecule has 7 nitrogen and oxygen atoms in total. The van der Waals surface area contributed by atoms with Crippen LogP contribution in [-0.4, -0.2) is 38.2 Å². The normalized spacial score (nSPS) is 17.2. The lowest BCUT2D eigenvalue weighted by Crippen LogP contribution is -2.52.